The molecule has 126 valence electrons. The summed E-state index contributed by atoms with van der Waals surface area (Å²) in [6, 6.07) is 9.57. The van der Waals surface area contributed by atoms with E-state index in [0.29, 0.717) is 5.92 Å². The van der Waals surface area contributed by atoms with Crippen LogP contribution in [0.5, 0.6) is 0 Å². The minimum absolute atomic E-state index is 0.00150. The highest BCUT2D eigenvalue weighted by atomic mass is 16.3. The number of rotatable bonds is 4. The van der Waals surface area contributed by atoms with Gasteiger partial charge >= 0.3 is 0 Å². The van der Waals surface area contributed by atoms with E-state index in [1.54, 1.807) is 0 Å². The van der Waals surface area contributed by atoms with Crippen LogP contribution in [0.2, 0.25) is 0 Å². The summed E-state index contributed by atoms with van der Waals surface area (Å²) < 4.78 is 0. The highest BCUT2D eigenvalue weighted by molar-refractivity contribution is 5.94. The fourth-order valence-electron chi connectivity index (χ4n) is 4.22. The first kappa shape index (κ1) is 16.5. The van der Waals surface area contributed by atoms with Crippen molar-refractivity contribution in [2.45, 2.75) is 69.9 Å². The molecule has 1 amide bonds. The Bertz CT molecular complexity index is 496. The van der Waals surface area contributed by atoms with E-state index >= 15 is 0 Å². The van der Waals surface area contributed by atoms with Crippen LogP contribution in [0, 0.1) is 5.92 Å². The highest BCUT2D eigenvalue weighted by Crippen LogP contribution is 2.29. The molecule has 1 N–H and O–H groups in total. The lowest BCUT2D eigenvalue weighted by Gasteiger charge is -2.40. The van der Waals surface area contributed by atoms with Crippen LogP contribution in [0.3, 0.4) is 0 Å². The first-order chi connectivity index (χ1) is 11.3. The third-order valence-electron chi connectivity index (χ3n) is 5.56. The molecule has 0 radical (unpaired) electrons. The normalized spacial score (nSPS) is 26.0. The van der Waals surface area contributed by atoms with Crippen LogP contribution in [0.4, 0.5) is 0 Å². The molecule has 0 aliphatic heterocycles. The van der Waals surface area contributed by atoms with Crippen LogP contribution < -0.4 is 0 Å². The smallest absolute Gasteiger partial charge is 0.254 e. The minimum Gasteiger partial charge on any atom is -0.391 e. The van der Waals surface area contributed by atoms with Gasteiger partial charge in [-0.05, 0) is 43.7 Å². The molecule has 2 atom stereocenters. The Balaban J connectivity index is 1.78. The summed E-state index contributed by atoms with van der Waals surface area (Å²) in [6.45, 7) is 0.815. The van der Waals surface area contributed by atoms with Gasteiger partial charge in [-0.2, -0.15) is 0 Å². The predicted octanol–water partition coefficient (Wildman–Crippen LogP) is 4.01. The van der Waals surface area contributed by atoms with E-state index in [4.69, 9.17) is 0 Å². The van der Waals surface area contributed by atoms with Crippen LogP contribution in [0.1, 0.15) is 68.1 Å². The van der Waals surface area contributed by atoms with E-state index < -0.39 is 0 Å². The summed E-state index contributed by atoms with van der Waals surface area (Å²) in [7, 11) is 0. The van der Waals surface area contributed by atoms with Gasteiger partial charge < -0.3 is 10.0 Å². The predicted molar refractivity (Wildman–Crippen MR) is 92.3 cm³/mol. The van der Waals surface area contributed by atoms with E-state index in [2.05, 4.69) is 0 Å². The van der Waals surface area contributed by atoms with Gasteiger partial charge in [0.25, 0.3) is 5.91 Å². The van der Waals surface area contributed by atoms with E-state index in [1.165, 1.54) is 32.1 Å². The third-order valence-corrected chi connectivity index (χ3v) is 5.56. The first-order valence-corrected chi connectivity index (χ1v) is 9.30. The van der Waals surface area contributed by atoms with Crippen molar-refractivity contribution in [2.75, 3.05) is 6.54 Å². The van der Waals surface area contributed by atoms with Crippen molar-refractivity contribution in [3.8, 4) is 0 Å². The molecule has 2 saturated carbocycles. The maximum absolute atomic E-state index is 13.1. The number of hydrogen-bond donors (Lipinski definition) is 1. The second kappa shape index (κ2) is 7.96. The molecule has 0 aromatic heterocycles. The number of nitrogens with zero attached hydrogens (tertiary/aromatic N) is 1. The topological polar surface area (TPSA) is 40.5 Å². The van der Waals surface area contributed by atoms with Gasteiger partial charge in [0, 0.05) is 12.1 Å². The van der Waals surface area contributed by atoms with Crippen molar-refractivity contribution in [3.05, 3.63) is 35.9 Å². The van der Waals surface area contributed by atoms with Crippen molar-refractivity contribution in [2.24, 2.45) is 5.92 Å². The first-order valence-electron chi connectivity index (χ1n) is 9.30. The van der Waals surface area contributed by atoms with Crippen LogP contribution in [-0.2, 0) is 0 Å². The molecule has 2 aliphatic rings. The molecule has 3 nitrogen and oxygen atoms in total. The molecule has 0 spiro atoms. The minimum atomic E-state index is -0.361. The second-order valence-electron chi connectivity index (χ2n) is 7.25. The van der Waals surface area contributed by atoms with Gasteiger partial charge in [-0.1, -0.05) is 50.3 Å². The zero-order chi connectivity index (χ0) is 16.1. The summed E-state index contributed by atoms with van der Waals surface area (Å²) in [5.41, 5.74) is 0.751. The number of carbonyl (C=O) groups is 1. The monoisotopic (exact) mass is 315 g/mol. The van der Waals surface area contributed by atoms with Crippen molar-refractivity contribution >= 4 is 5.91 Å². The van der Waals surface area contributed by atoms with E-state index in [0.717, 1.165) is 37.8 Å². The molecule has 0 unspecified atom stereocenters. The molecule has 0 bridgehead atoms. The van der Waals surface area contributed by atoms with Gasteiger partial charge in [0.05, 0.1) is 12.1 Å². The Hall–Kier alpha value is -1.35. The van der Waals surface area contributed by atoms with Crippen LogP contribution in [0.15, 0.2) is 30.3 Å². The zero-order valence-electron chi connectivity index (χ0n) is 14.0. The summed E-state index contributed by atoms with van der Waals surface area (Å²) >= 11 is 0. The van der Waals surface area contributed by atoms with Gasteiger partial charge in [0.2, 0.25) is 0 Å². The lowest BCUT2D eigenvalue weighted by atomic mass is 9.86. The fraction of sp³-hybridized carbons (Fsp3) is 0.650. The summed E-state index contributed by atoms with van der Waals surface area (Å²) in [4.78, 5) is 15.1. The molecular weight excluding hydrogens is 286 g/mol. The molecule has 2 fully saturated rings. The van der Waals surface area contributed by atoms with Gasteiger partial charge in [-0.15, -0.1) is 0 Å². The molecular formula is C20H29NO2. The average Bonchev–Trinajstić information content (AvgIpc) is 2.61. The number of hydrogen-bond acceptors (Lipinski definition) is 2. The lowest BCUT2D eigenvalue weighted by Crippen LogP contribution is -2.50. The standard InChI is InChI=1S/C20H29NO2/c22-19-14-8-7-13-18(19)21(15-16-9-3-1-4-10-16)20(23)17-11-5-2-6-12-17/h2,5-6,11-12,16,18-19,22H,1,3-4,7-10,13-15H2/t18-,19-/m0/s1. The molecule has 23 heavy (non-hydrogen) atoms. The second-order valence-corrected chi connectivity index (χ2v) is 7.25. The Labute approximate surface area is 139 Å². The Morgan fingerprint density at radius 2 is 1.61 bits per heavy atom. The summed E-state index contributed by atoms with van der Waals surface area (Å²) in [5.74, 6) is 0.702. The highest BCUT2D eigenvalue weighted by Gasteiger charge is 2.33. The van der Waals surface area contributed by atoms with Gasteiger partial charge in [-0.3, -0.25) is 4.79 Å². The number of benzene rings is 1. The molecule has 0 saturated heterocycles. The largest absolute Gasteiger partial charge is 0.391 e. The number of aliphatic hydroxyl groups excluding tert-OH is 1. The Morgan fingerprint density at radius 3 is 2.30 bits per heavy atom. The summed E-state index contributed by atoms with van der Waals surface area (Å²) in [5, 5.41) is 10.5. The van der Waals surface area contributed by atoms with E-state index in [9.17, 15) is 9.90 Å². The van der Waals surface area contributed by atoms with Crippen LogP contribution >= 0.6 is 0 Å². The van der Waals surface area contributed by atoms with Crippen molar-refractivity contribution in [1.29, 1.82) is 0 Å². The zero-order valence-corrected chi connectivity index (χ0v) is 14.0. The number of aliphatic hydroxyl groups is 1. The lowest BCUT2D eigenvalue weighted by molar-refractivity contribution is 0.0108. The maximum Gasteiger partial charge on any atom is 0.254 e. The van der Waals surface area contributed by atoms with Crippen molar-refractivity contribution in [1.82, 2.24) is 4.90 Å². The van der Waals surface area contributed by atoms with Gasteiger partial charge in [0.15, 0.2) is 0 Å². The number of carbonyl (C=O) groups excluding carboxylic acids is 1. The fourth-order valence-corrected chi connectivity index (χ4v) is 4.22. The van der Waals surface area contributed by atoms with Gasteiger partial charge in [-0.25, -0.2) is 0 Å². The van der Waals surface area contributed by atoms with Crippen LogP contribution in [0.25, 0.3) is 0 Å². The Kier molecular flexibility index (Phi) is 5.71. The quantitative estimate of drug-likeness (QED) is 0.912. The van der Waals surface area contributed by atoms with Crippen molar-refractivity contribution in [3.63, 3.8) is 0 Å². The average molecular weight is 315 g/mol. The van der Waals surface area contributed by atoms with E-state index in [-0.39, 0.29) is 18.1 Å². The molecule has 1 aromatic rings. The molecule has 3 heteroatoms. The third kappa shape index (κ3) is 4.14. The Morgan fingerprint density at radius 1 is 0.957 bits per heavy atom. The molecule has 3 rings (SSSR count). The van der Waals surface area contributed by atoms with Crippen LogP contribution in [-0.4, -0.2) is 34.6 Å². The van der Waals surface area contributed by atoms with Gasteiger partial charge in [0.1, 0.15) is 0 Å². The molecule has 1 aromatic carbocycles. The maximum atomic E-state index is 13.1. The van der Waals surface area contributed by atoms with Crippen molar-refractivity contribution < 1.29 is 9.90 Å². The summed E-state index contributed by atoms with van der Waals surface area (Å²) in [6.07, 6.45) is 9.94. The molecule has 0 heterocycles. The SMILES string of the molecule is O=C(c1ccccc1)N(CC1CCCCC1)[C@H]1CCCC[C@@H]1O. The van der Waals surface area contributed by atoms with E-state index in [1.807, 2.05) is 35.2 Å². The number of amides is 1. The molecule has 2 aliphatic carbocycles.